The normalized spacial score (nSPS) is 19.2. The fourth-order valence-corrected chi connectivity index (χ4v) is 5.35. The summed E-state index contributed by atoms with van der Waals surface area (Å²) < 4.78 is 48.1. The van der Waals surface area contributed by atoms with Crippen LogP contribution in [0.2, 0.25) is 0 Å². The molecule has 1 unspecified atom stereocenters. The van der Waals surface area contributed by atoms with Gasteiger partial charge in [0.1, 0.15) is 28.5 Å². The third-order valence-corrected chi connectivity index (χ3v) is 7.26. The number of rotatable bonds is 5. The average Bonchev–Trinajstić information content (AvgIpc) is 3.28. The minimum absolute atomic E-state index is 0.00951. The Bertz CT molecular complexity index is 1410. The molecule has 5 rings (SSSR count). The molecule has 2 aromatic carbocycles. The van der Waals surface area contributed by atoms with Gasteiger partial charge in [0.25, 0.3) is 0 Å². The number of ether oxygens (including phenoxy) is 1. The molecule has 2 heterocycles. The number of esters is 1. The number of halogens is 3. The Balaban J connectivity index is 1.35. The summed E-state index contributed by atoms with van der Waals surface area (Å²) in [6, 6.07) is 7.74. The number of fused-ring (bicyclic) bond motifs is 2. The molecule has 0 radical (unpaired) electrons. The summed E-state index contributed by atoms with van der Waals surface area (Å²) in [4.78, 5) is 23.8. The second-order valence-corrected chi connectivity index (χ2v) is 9.25. The van der Waals surface area contributed by atoms with Crippen molar-refractivity contribution in [1.29, 1.82) is 0 Å². The van der Waals surface area contributed by atoms with Gasteiger partial charge in [-0.3, -0.25) is 4.98 Å². The molecule has 0 saturated heterocycles. The minimum Gasteiger partial charge on any atom is -0.462 e. The van der Waals surface area contributed by atoms with Gasteiger partial charge in [-0.2, -0.15) is 0 Å². The van der Waals surface area contributed by atoms with E-state index in [1.807, 2.05) is 13.0 Å². The summed E-state index contributed by atoms with van der Waals surface area (Å²) >= 11 is 0. The van der Waals surface area contributed by atoms with Crippen molar-refractivity contribution in [3.8, 4) is 0 Å². The van der Waals surface area contributed by atoms with Crippen LogP contribution < -0.4 is 0 Å². The summed E-state index contributed by atoms with van der Waals surface area (Å²) in [5, 5.41) is 0.858. The van der Waals surface area contributed by atoms with Crippen LogP contribution in [0.4, 0.5) is 13.2 Å². The first kappa shape index (κ1) is 23.3. The Morgan fingerprint density at radius 2 is 1.89 bits per heavy atom. The van der Waals surface area contributed by atoms with Crippen LogP contribution in [0.15, 0.2) is 36.5 Å². The number of hydrogen-bond donors (Lipinski definition) is 1. The lowest BCUT2D eigenvalue weighted by molar-refractivity contribution is 0.0515. The van der Waals surface area contributed by atoms with Crippen LogP contribution in [0.25, 0.3) is 21.9 Å². The van der Waals surface area contributed by atoms with E-state index >= 15 is 0 Å². The highest BCUT2D eigenvalue weighted by Crippen LogP contribution is 2.43. The number of aromatic nitrogens is 3. The lowest BCUT2D eigenvalue weighted by Gasteiger charge is -2.32. The SMILES string of the molecule is CCOC(=O)c1c(F)cc2nc(C(C)C3CCC(c4ccnc5ccc(F)cc45)CC3)[nH]c2c1F. The Kier molecular flexibility index (Phi) is 6.21. The topological polar surface area (TPSA) is 67.9 Å². The van der Waals surface area contributed by atoms with E-state index < -0.39 is 23.2 Å². The molecule has 0 spiro atoms. The number of carbonyl (C=O) groups excluding carboxylic acids is 1. The van der Waals surface area contributed by atoms with Crippen LogP contribution >= 0.6 is 0 Å². The fraction of sp³-hybridized carbons (Fsp3) is 0.370. The van der Waals surface area contributed by atoms with E-state index in [9.17, 15) is 18.0 Å². The van der Waals surface area contributed by atoms with Crippen LogP contribution in [0.1, 0.15) is 73.1 Å². The molecule has 1 fully saturated rings. The molecule has 0 aliphatic heterocycles. The molecule has 8 heteroatoms. The number of imidazole rings is 1. The van der Waals surface area contributed by atoms with Crippen LogP contribution in [0, 0.1) is 23.4 Å². The maximum atomic E-state index is 15.0. The second-order valence-electron chi connectivity index (χ2n) is 9.25. The fourth-order valence-electron chi connectivity index (χ4n) is 5.35. The molecule has 0 bridgehead atoms. The van der Waals surface area contributed by atoms with E-state index in [4.69, 9.17) is 4.74 Å². The molecular weight excluding hydrogens is 455 g/mol. The number of hydrogen-bond acceptors (Lipinski definition) is 4. The van der Waals surface area contributed by atoms with Crippen molar-refractivity contribution in [3.63, 3.8) is 0 Å². The number of carbonyl (C=O) groups is 1. The van der Waals surface area contributed by atoms with Gasteiger partial charge in [-0.1, -0.05) is 6.92 Å². The molecule has 2 aromatic heterocycles. The van der Waals surface area contributed by atoms with Crippen molar-refractivity contribution >= 4 is 27.9 Å². The molecule has 0 amide bonds. The Morgan fingerprint density at radius 1 is 1.11 bits per heavy atom. The largest absolute Gasteiger partial charge is 0.462 e. The number of pyridine rings is 1. The lowest BCUT2D eigenvalue weighted by Crippen LogP contribution is -2.19. The third kappa shape index (κ3) is 4.26. The first-order valence-corrected chi connectivity index (χ1v) is 12.0. The highest BCUT2D eigenvalue weighted by atomic mass is 19.1. The van der Waals surface area contributed by atoms with Gasteiger partial charge in [0, 0.05) is 23.6 Å². The molecule has 5 nitrogen and oxygen atoms in total. The standard InChI is InChI=1S/C27H26F3N3O2/c1-3-35-27(34)23-20(29)13-22-25(24(23)30)33-26(32-22)14(2)15-4-6-16(7-5-15)18-10-11-31-21-9-8-17(28)12-19(18)21/h8-16H,3-7H2,1-2H3,(H,32,33). The van der Waals surface area contributed by atoms with Crippen LogP contribution in [-0.4, -0.2) is 27.5 Å². The number of aromatic amines is 1. The van der Waals surface area contributed by atoms with Crippen molar-refractivity contribution in [2.75, 3.05) is 6.61 Å². The van der Waals surface area contributed by atoms with E-state index in [2.05, 4.69) is 15.0 Å². The predicted molar refractivity (Wildman–Crippen MR) is 127 cm³/mol. The molecule has 1 N–H and O–H groups in total. The summed E-state index contributed by atoms with van der Waals surface area (Å²) in [6.07, 6.45) is 5.48. The number of benzene rings is 2. The second kappa shape index (κ2) is 9.32. The zero-order chi connectivity index (χ0) is 24.7. The quantitative estimate of drug-likeness (QED) is 0.319. The van der Waals surface area contributed by atoms with Crippen molar-refractivity contribution in [2.24, 2.45) is 5.92 Å². The molecular formula is C27H26F3N3O2. The monoisotopic (exact) mass is 481 g/mol. The summed E-state index contributed by atoms with van der Waals surface area (Å²) in [5.41, 5.74) is 1.36. The van der Waals surface area contributed by atoms with E-state index in [1.165, 1.54) is 6.07 Å². The van der Waals surface area contributed by atoms with E-state index in [0.717, 1.165) is 48.2 Å². The third-order valence-electron chi connectivity index (χ3n) is 7.26. The zero-order valence-corrected chi connectivity index (χ0v) is 19.6. The summed E-state index contributed by atoms with van der Waals surface area (Å²) in [5.74, 6) is -2.10. The lowest BCUT2D eigenvalue weighted by atomic mass is 9.73. The average molecular weight is 482 g/mol. The van der Waals surface area contributed by atoms with E-state index in [0.29, 0.717) is 17.7 Å². The van der Waals surface area contributed by atoms with Gasteiger partial charge in [-0.05, 0) is 74.3 Å². The van der Waals surface area contributed by atoms with E-state index in [-0.39, 0.29) is 29.4 Å². The molecule has 1 atom stereocenters. The van der Waals surface area contributed by atoms with Gasteiger partial charge >= 0.3 is 5.97 Å². The predicted octanol–water partition coefficient (Wildman–Crippen LogP) is 6.78. The maximum absolute atomic E-state index is 15.0. The van der Waals surface area contributed by atoms with Crippen molar-refractivity contribution in [2.45, 2.75) is 51.4 Å². The van der Waals surface area contributed by atoms with Gasteiger partial charge < -0.3 is 9.72 Å². The molecule has 1 saturated carbocycles. The Labute approximate surface area is 200 Å². The van der Waals surface area contributed by atoms with Gasteiger partial charge in [0.15, 0.2) is 5.82 Å². The molecule has 1 aliphatic carbocycles. The minimum atomic E-state index is -1.03. The van der Waals surface area contributed by atoms with Gasteiger partial charge in [-0.25, -0.2) is 22.9 Å². The van der Waals surface area contributed by atoms with Crippen LogP contribution in [0.5, 0.6) is 0 Å². The first-order chi connectivity index (χ1) is 16.9. The van der Waals surface area contributed by atoms with Crippen LogP contribution in [-0.2, 0) is 4.74 Å². The molecule has 182 valence electrons. The van der Waals surface area contributed by atoms with Crippen molar-refractivity contribution in [3.05, 3.63) is 70.9 Å². The molecule has 35 heavy (non-hydrogen) atoms. The Hall–Kier alpha value is -3.42. The smallest absolute Gasteiger partial charge is 0.344 e. The van der Waals surface area contributed by atoms with Crippen LogP contribution in [0.3, 0.4) is 0 Å². The number of nitrogens with one attached hydrogen (secondary N) is 1. The summed E-state index contributed by atoms with van der Waals surface area (Å²) in [6.45, 7) is 3.63. The molecule has 1 aliphatic rings. The maximum Gasteiger partial charge on any atom is 0.344 e. The van der Waals surface area contributed by atoms with Gasteiger partial charge in [0.05, 0.1) is 17.6 Å². The highest BCUT2D eigenvalue weighted by Gasteiger charge is 2.30. The number of H-pyrrole nitrogens is 1. The van der Waals surface area contributed by atoms with Crippen molar-refractivity contribution < 1.29 is 22.7 Å². The van der Waals surface area contributed by atoms with E-state index in [1.54, 1.807) is 25.3 Å². The molecule has 4 aromatic rings. The summed E-state index contributed by atoms with van der Waals surface area (Å²) in [7, 11) is 0. The first-order valence-electron chi connectivity index (χ1n) is 12.0. The zero-order valence-electron chi connectivity index (χ0n) is 19.6. The Morgan fingerprint density at radius 3 is 2.63 bits per heavy atom. The van der Waals surface area contributed by atoms with Gasteiger partial charge in [0.2, 0.25) is 0 Å². The number of nitrogens with zero attached hydrogens (tertiary/aromatic N) is 2. The van der Waals surface area contributed by atoms with Crippen molar-refractivity contribution in [1.82, 2.24) is 15.0 Å². The highest BCUT2D eigenvalue weighted by molar-refractivity contribution is 5.94. The van der Waals surface area contributed by atoms with Gasteiger partial charge in [-0.15, -0.1) is 0 Å².